The smallest absolute Gasteiger partial charge is 0.353 e. The summed E-state index contributed by atoms with van der Waals surface area (Å²) in [5, 5.41) is 30.1. The molecule has 0 radical (unpaired) electrons. The molecule has 8 N–H and O–H groups in total. The van der Waals surface area contributed by atoms with E-state index in [1.54, 1.807) is 4.90 Å². The molecular formula is C46H83N6O7+. The summed E-state index contributed by atoms with van der Waals surface area (Å²) in [6, 6.07) is 0.0480. The van der Waals surface area contributed by atoms with Crippen molar-refractivity contribution in [2.24, 2.45) is 17.4 Å². The predicted octanol–water partition coefficient (Wildman–Crippen LogP) is 5.83. The Morgan fingerprint density at radius 3 is 2.24 bits per heavy atom. The maximum absolute atomic E-state index is 14.1. The van der Waals surface area contributed by atoms with Gasteiger partial charge in [-0.2, -0.15) is 0 Å². The van der Waals surface area contributed by atoms with E-state index < -0.39 is 29.2 Å². The lowest BCUT2D eigenvalue weighted by atomic mass is 9.78. The highest BCUT2D eigenvalue weighted by atomic mass is 16.6. The van der Waals surface area contributed by atoms with Crippen LogP contribution in [0, 0.1) is 5.92 Å². The van der Waals surface area contributed by atoms with Crippen molar-refractivity contribution in [2.75, 3.05) is 32.8 Å². The second-order valence-electron chi connectivity index (χ2n) is 18.5. The van der Waals surface area contributed by atoms with Gasteiger partial charge in [0.2, 0.25) is 17.4 Å². The lowest BCUT2D eigenvalue weighted by molar-refractivity contribution is -0.690. The third-order valence-electron chi connectivity index (χ3n) is 13.6. The zero-order chi connectivity index (χ0) is 42.1. The molecule has 5 aliphatic rings. The number of hydrogen-bond donors (Lipinski definition) is 6. The third-order valence-corrected chi connectivity index (χ3v) is 13.6. The van der Waals surface area contributed by atoms with Crippen molar-refractivity contribution in [2.45, 2.75) is 222 Å². The summed E-state index contributed by atoms with van der Waals surface area (Å²) >= 11 is 0. The Bertz CT molecular complexity index is 1370. The molecule has 13 heteroatoms. The van der Waals surface area contributed by atoms with E-state index >= 15 is 0 Å². The number of nitrogens with one attached hydrogen (secondary N) is 2. The zero-order valence-corrected chi connectivity index (χ0v) is 36.9. The number of nitrogens with two attached hydrogens (primary N) is 2. The van der Waals surface area contributed by atoms with Crippen LogP contribution in [-0.2, 0) is 23.8 Å². The molecule has 5 rings (SSSR count). The van der Waals surface area contributed by atoms with Crippen LogP contribution in [0.3, 0.4) is 0 Å². The molecule has 5 aliphatic heterocycles. The summed E-state index contributed by atoms with van der Waals surface area (Å²) in [5.41, 5.74) is 8.22. The summed E-state index contributed by atoms with van der Waals surface area (Å²) in [6.07, 6.45) is 28.9. The minimum absolute atomic E-state index is 0.0401. The lowest BCUT2D eigenvalue weighted by Crippen LogP contribution is -2.79. The molecule has 0 aromatic heterocycles. The van der Waals surface area contributed by atoms with Gasteiger partial charge in [0.25, 0.3) is 0 Å². The highest BCUT2D eigenvalue weighted by Crippen LogP contribution is 2.50. The van der Waals surface area contributed by atoms with Crippen LogP contribution >= 0.6 is 0 Å². The number of hydrogen-bond acceptors (Lipinski definition) is 11. The molecule has 0 bridgehead atoms. The normalized spacial score (nSPS) is 30.5. The number of allylic oxidation sites excluding steroid dienone is 1. The molecule has 338 valence electrons. The fraction of sp³-hybridized carbons (Fsp3) is 0.891. The zero-order valence-electron chi connectivity index (χ0n) is 36.9. The van der Waals surface area contributed by atoms with Gasteiger partial charge in [-0.05, 0) is 77.8 Å². The number of carbonyl (C=O) groups excluding carboxylic acids is 2. The van der Waals surface area contributed by atoms with Gasteiger partial charge in [-0.25, -0.2) is 15.2 Å². The number of guanidine groups is 1. The maximum Gasteiger partial charge on any atom is 0.353 e. The molecule has 1 unspecified atom stereocenters. The average Bonchev–Trinajstić information content (AvgIpc) is 3.41. The average molecular weight is 832 g/mol. The first-order valence-corrected chi connectivity index (χ1v) is 24.1. The SMILES string of the molecule is CC[C@@H]1C=CCC[C@]2(C[C@H]3CC[C@@]4(O)[C@@H](C(=O)OCCCCCCCCCCCCCCCCC(=O)N(CCCN)CC(O)CCN)[C@@]5(CCC[C@H](C)O5)NC(=[N+]34)N2)O1. The predicted molar refractivity (Wildman–Crippen MR) is 231 cm³/mol. The molecule has 13 nitrogen and oxygen atoms in total. The second-order valence-corrected chi connectivity index (χ2v) is 18.5. The van der Waals surface area contributed by atoms with E-state index in [2.05, 4.69) is 36.6 Å². The number of rotatable bonds is 26. The number of aliphatic hydroxyl groups is 2. The van der Waals surface area contributed by atoms with Gasteiger partial charge in [-0.1, -0.05) is 96.1 Å². The van der Waals surface area contributed by atoms with Crippen molar-refractivity contribution in [1.29, 1.82) is 0 Å². The van der Waals surface area contributed by atoms with Crippen LogP contribution in [0.2, 0.25) is 0 Å². The Kier molecular flexibility index (Phi) is 19.3. The van der Waals surface area contributed by atoms with Crippen molar-refractivity contribution in [3.05, 3.63) is 12.2 Å². The summed E-state index contributed by atoms with van der Waals surface area (Å²) in [6.45, 7) is 6.47. The van der Waals surface area contributed by atoms with Crippen LogP contribution in [0.25, 0.3) is 0 Å². The van der Waals surface area contributed by atoms with E-state index in [0.29, 0.717) is 58.5 Å². The van der Waals surface area contributed by atoms with Crippen molar-refractivity contribution in [3.8, 4) is 0 Å². The van der Waals surface area contributed by atoms with E-state index in [1.165, 1.54) is 51.4 Å². The molecule has 0 aliphatic carbocycles. The number of ether oxygens (including phenoxy) is 3. The van der Waals surface area contributed by atoms with E-state index in [-0.39, 0.29) is 30.1 Å². The van der Waals surface area contributed by atoms with E-state index in [0.717, 1.165) is 95.9 Å². The highest BCUT2D eigenvalue weighted by Gasteiger charge is 2.71. The molecule has 2 saturated heterocycles. The quantitative estimate of drug-likeness (QED) is 0.0267. The molecule has 2 spiro atoms. The number of esters is 1. The van der Waals surface area contributed by atoms with Crippen molar-refractivity contribution in [1.82, 2.24) is 15.5 Å². The van der Waals surface area contributed by atoms with Crippen LogP contribution in [-0.4, -0.2) is 112 Å². The number of nitrogens with zero attached hydrogens (tertiary/aromatic N) is 2. The summed E-state index contributed by atoms with van der Waals surface area (Å²) in [5.74, 6) is -0.366. The molecule has 5 heterocycles. The summed E-state index contributed by atoms with van der Waals surface area (Å²) in [7, 11) is 0. The van der Waals surface area contributed by atoms with Crippen molar-refractivity contribution in [3.63, 3.8) is 0 Å². The van der Waals surface area contributed by atoms with Crippen LogP contribution in [0.5, 0.6) is 0 Å². The van der Waals surface area contributed by atoms with Gasteiger partial charge in [0, 0.05) is 45.2 Å². The van der Waals surface area contributed by atoms with Crippen molar-refractivity contribution >= 4 is 17.8 Å². The fourth-order valence-corrected chi connectivity index (χ4v) is 10.5. The molecule has 1 amide bonds. The number of carbonyl (C=O) groups is 2. The number of unbranched alkanes of at least 4 members (excludes halogenated alkanes) is 13. The van der Waals surface area contributed by atoms with Crippen molar-refractivity contribution < 1.29 is 38.6 Å². The summed E-state index contributed by atoms with van der Waals surface area (Å²) in [4.78, 5) is 28.6. The maximum atomic E-state index is 14.1. The number of amides is 1. The topological polar surface area (TPSA) is 185 Å². The Labute approximate surface area is 355 Å². The van der Waals surface area contributed by atoms with E-state index in [4.69, 9.17) is 25.7 Å². The van der Waals surface area contributed by atoms with E-state index in [9.17, 15) is 19.8 Å². The Balaban J connectivity index is 0.945. The van der Waals surface area contributed by atoms with Gasteiger partial charge in [0.05, 0.1) is 31.0 Å². The van der Waals surface area contributed by atoms with Crippen LogP contribution in [0.4, 0.5) is 0 Å². The molecule has 0 aromatic rings. The lowest BCUT2D eigenvalue weighted by Gasteiger charge is -2.52. The van der Waals surface area contributed by atoms with Gasteiger partial charge < -0.3 is 40.8 Å². The monoisotopic (exact) mass is 832 g/mol. The standard InChI is InChI=1S/C46H82N6O7/c1-3-39-23-17-18-27-44(59-39)34-37-25-29-46(56)41(45(28-20-22-36(2)58-45)50-43(49-44)52(37)46)42(55)57-33-19-15-13-11-9-7-5-4-6-8-10-12-14-16-24-40(54)51(32-21-30-47)35-38(53)26-31-48/h17,23,36-39,41,53,56H,3-16,18-22,24-35,47-48H2,1-2H3,(H,49,50)/p+1/t36-,37+,38?,39+,41-,44+,45-,46+/m0/s1. The van der Waals surface area contributed by atoms with Crippen LogP contribution < -0.4 is 22.1 Å². The minimum Gasteiger partial charge on any atom is -0.465 e. The van der Waals surface area contributed by atoms with Gasteiger partial charge in [-0.3, -0.25) is 9.59 Å². The van der Waals surface area contributed by atoms with Crippen LogP contribution in [0.1, 0.15) is 181 Å². The first kappa shape index (κ1) is 47.8. The van der Waals surface area contributed by atoms with Crippen LogP contribution in [0.15, 0.2) is 12.2 Å². The minimum atomic E-state index is -1.40. The first-order valence-electron chi connectivity index (χ1n) is 24.1. The third kappa shape index (κ3) is 13.1. The molecule has 8 atom stereocenters. The van der Waals surface area contributed by atoms with Gasteiger partial charge >= 0.3 is 11.9 Å². The molecule has 0 aromatic carbocycles. The molecular weight excluding hydrogens is 749 g/mol. The fourth-order valence-electron chi connectivity index (χ4n) is 10.5. The second kappa shape index (κ2) is 23.8. The Morgan fingerprint density at radius 2 is 1.59 bits per heavy atom. The molecule has 59 heavy (non-hydrogen) atoms. The van der Waals surface area contributed by atoms with Gasteiger partial charge in [0.1, 0.15) is 0 Å². The van der Waals surface area contributed by atoms with Gasteiger partial charge in [-0.15, -0.1) is 0 Å². The van der Waals surface area contributed by atoms with E-state index in [1.807, 2.05) is 4.58 Å². The molecule has 0 saturated carbocycles. The molecule has 2 fully saturated rings. The first-order chi connectivity index (χ1) is 28.6. The Morgan fingerprint density at radius 1 is 0.915 bits per heavy atom. The van der Waals surface area contributed by atoms with Gasteiger partial charge in [0.15, 0.2) is 11.6 Å². The highest BCUT2D eigenvalue weighted by molar-refractivity contribution is 5.82. The summed E-state index contributed by atoms with van der Waals surface area (Å²) < 4.78 is 21.5. The number of aliphatic hydroxyl groups excluding tert-OH is 1. The Hall–Kier alpha value is -2.29. The largest absolute Gasteiger partial charge is 0.465 e.